The minimum Gasteiger partial charge on any atom is -0.468 e. The Morgan fingerprint density at radius 2 is 1.58 bits per heavy atom. The van der Waals surface area contributed by atoms with Crippen molar-refractivity contribution < 1.29 is 14.6 Å². The number of hydrogen-bond acceptors (Lipinski definition) is 5. The molecule has 1 fully saturated rings. The van der Waals surface area contributed by atoms with Crippen molar-refractivity contribution in [3.63, 3.8) is 0 Å². The average molecular weight is 531 g/mol. The number of rotatable bonds is 7. The molecule has 6 nitrogen and oxygen atoms in total. The largest absolute Gasteiger partial charge is 0.468 e. The van der Waals surface area contributed by atoms with Gasteiger partial charge in [-0.1, -0.05) is 78.3 Å². The second kappa shape index (κ2) is 11.1. The third kappa shape index (κ3) is 5.12. The van der Waals surface area contributed by atoms with Crippen LogP contribution in [0.2, 0.25) is 5.02 Å². The summed E-state index contributed by atoms with van der Waals surface area (Å²) < 4.78 is 6.27. The number of ether oxygens (including phenoxy) is 1. The van der Waals surface area contributed by atoms with Crippen LogP contribution >= 0.6 is 11.6 Å². The second-order valence-electron chi connectivity index (χ2n) is 9.89. The lowest BCUT2D eigenvalue weighted by atomic mass is 9.72. The Morgan fingerprint density at radius 3 is 2.16 bits per heavy atom. The van der Waals surface area contributed by atoms with Crippen LogP contribution in [0, 0.1) is 5.92 Å². The van der Waals surface area contributed by atoms with Crippen LogP contribution in [0.5, 0.6) is 0 Å². The summed E-state index contributed by atoms with van der Waals surface area (Å²) in [5, 5.41) is 13.5. The van der Waals surface area contributed by atoms with Crippen LogP contribution in [-0.4, -0.2) is 40.7 Å². The van der Waals surface area contributed by atoms with Gasteiger partial charge in [-0.2, -0.15) is 0 Å². The smallest absolute Gasteiger partial charge is 0.325 e. The lowest BCUT2D eigenvalue weighted by molar-refractivity contribution is -0.141. The van der Waals surface area contributed by atoms with E-state index >= 15 is 0 Å². The maximum absolute atomic E-state index is 13.5. The normalized spacial score (nSPS) is 15.0. The number of carbonyl (C=O) groups excluding carboxylic acids is 1. The van der Waals surface area contributed by atoms with Crippen molar-refractivity contribution >= 4 is 28.5 Å². The van der Waals surface area contributed by atoms with E-state index in [2.05, 4.69) is 4.90 Å². The molecule has 0 aliphatic carbocycles. The van der Waals surface area contributed by atoms with Gasteiger partial charge in [-0.3, -0.25) is 19.1 Å². The number of hydrogen-bond donors (Lipinski definition) is 1. The molecule has 0 amide bonds. The van der Waals surface area contributed by atoms with Gasteiger partial charge in [-0.15, -0.1) is 0 Å². The molecule has 0 radical (unpaired) electrons. The molecule has 4 aromatic rings. The molecule has 1 aliphatic heterocycles. The van der Waals surface area contributed by atoms with Crippen molar-refractivity contribution in [2.24, 2.45) is 5.92 Å². The topological polar surface area (TPSA) is 71.8 Å². The van der Waals surface area contributed by atoms with E-state index in [4.69, 9.17) is 16.3 Å². The fourth-order valence-corrected chi connectivity index (χ4v) is 5.81. The highest BCUT2D eigenvalue weighted by Gasteiger charge is 2.41. The fraction of sp³-hybridized carbons (Fsp3) is 0.290. The van der Waals surface area contributed by atoms with E-state index in [9.17, 15) is 14.7 Å². The van der Waals surface area contributed by atoms with E-state index in [0.29, 0.717) is 22.6 Å². The van der Waals surface area contributed by atoms with Crippen molar-refractivity contribution in [1.82, 2.24) is 9.47 Å². The Labute approximate surface area is 227 Å². The molecule has 0 atom stereocenters. The van der Waals surface area contributed by atoms with Gasteiger partial charge in [-0.25, -0.2) is 0 Å². The van der Waals surface area contributed by atoms with Crippen molar-refractivity contribution in [2.45, 2.75) is 31.5 Å². The molecule has 7 heteroatoms. The number of fused-ring (bicyclic) bond motifs is 1. The summed E-state index contributed by atoms with van der Waals surface area (Å²) in [6, 6.07) is 27.0. The van der Waals surface area contributed by atoms with E-state index < -0.39 is 11.6 Å². The number of aromatic nitrogens is 1. The van der Waals surface area contributed by atoms with Crippen LogP contribution in [-0.2, 0) is 28.2 Å². The Morgan fingerprint density at radius 1 is 0.974 bits per heavy atom. The molecule has 0 saturated carbocycles. The number of halogens is 1. The van der Waals surface area contributed by atoms with E-state index in [1.165, 1.54) is 11.7 Å². The van der Waals surface area contributed by atoms with Crippen LogP contribution < -0.4 is 5.56 Å². The summed E-state index contributed by atoms with van der Waals surface area (Å²) in [6.45, 7) is 1.76. The van der Waals surface area contributed by atoms with Gasteiger partial charge in [0.1, 0.15) is 12.1 Å². The summed E-state index contributed by atoms with van der Waals surface area (Å²) in [7, 11) is 1.31. The average Bonchev–Trinajstić information content (AvgIpc) is 2.96. The number of carbonyl (C=O) groups is 1. The minimum absolute atomic E-state index is 0.0262. The fourth-order valence-electron chi connectivity index (χ4n) is 5.64. The number of likely N-dealkylation sites (tertiary alicyclic amines) is 1. The van der Waals surface area contributed by atoms with Gasteiger partial charge in [0.25, 0.3) is 5.56 Å². The molecule has 2 heterocycles. The highest BCUT2D eigenvalue weighted by atomic mass is 35.5. The Balaban J connectivity index is 1.40. The van der Waals surface area contributed by atoms with Crippen LogP contribution in [0.15, 0.2) is 89.7 Å². The number of methoxy groups -OCH3 is 1. The maximum atomic E-state index is 13.5. The first-order valence-electron chi connectivity index (χ1n) is 12.8. The third-order valence-corrected chi connectivity index (χ3v) is 7.88. The Bertz CT molecular complexity index is 1440. The third-order valence-electron chi connectivity index (χ3n) is 7.65. The molecule has 1 aromatic heterocycles. The van der Waals surface area contributed by atoms with E-state index in [-0.39, 0.29) is 18.0 Å². The predicted octanol–water partition coefficient (Wildman–Crippen LogP) is 4.98. The highest BCUT2D eigenvalue weighted by Crippen LogP contribution is 2.42. The zero-order chi connectivity index (χ0) is 26.7. The van der Waals surface area contributed by atoms with Gasteiger partial charge in [0.2, 0.25) is 0 Å². The SMILES string of the molecule is COC(=O)Cn1c(=O)c(CN2CCC(C(O)(c3ccccc3)c3ccccc3)CC2)cc2ccc(Cl)cc21. The predicted molar refractivity (Wildman–Crippen MR) is 149 cm³/mol. The van der Waals surface area contributed by atoms with Crippen LogP contribution in [0.1, 0.15) is 29.5 Å². The lowest BCUT2D eigenvalue weighted by Gasteiger charge is -2.42. The summed E-state index contributed by atoms with van der Waals surface area (Å²) >= 11 is 6.19. The van der Waals surface area contributed by atoms with Gasteiger partial charge in [0.05, 0.1) is 12.6 Å². The molecular weight excluding hydrogens is 500 g/mol. The molecule has 0 bridgehead atoms. The van der Waals surface area contributed by atoms with Gasteiger partial charge in [-0.05, 0) is 66.6 Å². The van der Waals surface area contributed by atoms with Gasteiger partial charge < -0.3 is 9.84 Å². The Kier molecular flexibility index (Phi) is 7.65. The number of pyridine rings is 1. The number of aliphatic hydroxyl groups is 1. The second-order valence-corrected chi connectivity index (χ2v) is 10.3. The molecule has 5 rings (SSSR count). The summed E-state index contributed by atoms with van der Waals surface area (Å²) in [6.07, 6.45) is 1.56. The summed E-state index contributed by atoms with van der Waals surface area (Å²) in [5.41, 5.74) is 1.68. The number of benzene rings is 3. The maximum Gasteiger partial charge on any atom is 0.325 e. The van der Waals surface area contributed by atoms with Crippen LogP contribution in [0.25, 0.3) is 10.9 Å². The molecule has 1 saturated heterocycles. The molecule has 196 valence electrons. The van der Waals surface area contributed by atoms with Crippen LogP contribution in [0.3, 0.4) is 0 Å². The first kappa shape index (κ1) is 26.2. The summed E-state index contributed by atoms with van der Waals surface area (Å²) in [4.78, 5) is 27.8. The van der Waals surface area contributed by atoms with E-state index in [1.807, 2.05) is 72.8 Å². The molecule has 1 N–H and O–H groups in total. The number of esters is 1. The lowest BCUT2D eigenvalue weighted by Crippen LogP contribution is -2.44. The zero-order valence-corrected chi connectivity index (χ0v) is 22.1. The molecule has 3 aromatic carbocycles. The molecule has 38 heavy (non-hydrogen) atoms. The van der Waals surface area contributed by atoms with Crippen molar-refractivity contribution in [3.05, 3.63) is 117 Å². The highest BCUT2D eigenvalue weighted by molar-refractivity contribution is 6.31. The standard InChI is InChI=1S/C31H31ClN2O4/c1-38-29(35)21-34-28-19-27(32)13-12-22(28)18-23(30(34)36)20-33-16-14-26(15-17-33)31(37,24-8-4-2-5-9-24)25-10-6-3-7-11-25/h2-13,18-19,26,37H,14-17,20-21H2,1H3. The molecule has 1 aliphatic rings. The van der Waals surface area contributed by atoms with E-state index in [1.54, 1.807) is 12.1 Å². The first-order valence-corrected chi connectivity index (χ1v) is 13.2. The van der Waals surface area contributed by atoms with E-state index in [0.717, 1.165) is 42.4 Å². The van der Waals surface area contributed by atoms with Crippen molar-refractivity contribution in [2.75, 3.05) is 20.2 Å². The monoisotopic (exact) mass is 530 g/mol. The summed E-state index contributed by atoms with van der Waals surface area (Å²) in [5.74, 6) is -0.467. The van der Waals surface area contributed by atoms with Gasteiger partial charge in [0.15, 0.2) is 0 Å². The molecular formula is C31H31ClN2O4. The number of nitrogens with zero attached hydrogens (tertiary/aromatic N) is 2. The van der Waals surface area contributed by atoms with Gasteiger partial charge in [0, 0.05) is 17.1 Å². The Hall–Kier alpha value is -3.45. The van der Waals surface area contributed by atoms with Crippen LogP contribution in [0.4, 0.5) is 0 Å². The minimum atomic E-state index is -1.09. The van der Waals surface area contributed by atoms with Crippen molar-refractivity contribution in [1.29, 1.82) is 0 Å². The molecule has 0 spiro atoms. The molecule has 0 unspecified atom stereocenters. The van der Waals surface area contributed by atoms with Crippen molar-refractivity contribution in [3.8, 4) is 0 Å². The first-order chi connectivity index (χ1) is 18.4. The quantitative estimate of drug-likeness (QED) is 0.341. The zero-order valence-electron chi connectivity index (χ0n) is 21.3. The van der Waals surface area contributed by atoms with Gasteiger partial charge >= 0.3 is 5.97 Å². The number of piperidine rings is 1.